The molecule has 3 aromatic rings. The van der Waals surface area contributed by atoms with Gasteiger partial charge in [-0.15, -0.1) is 0 Å². The molecule has 2 aromatic heterocycles. The first-order chi connectivity index (χ1) is 11.0. The van der Waals surface area contributed by atoms with E-state index < -0.39 is 0 Å². The van der Waals surface area contributed by atoms with E-state index in [9.17, 15) is 0 Å². The lowest BCUT2D eigenvalue weighted by Gasteiger charge is -2.08. The minimum atomic E-state index is 0.169. The summed E-state index contributed by atoms with van der Waals surface area (Å²) in [5, 5.41) is 0.589. The van der Waals surface area contributed by atoms with Crippen molar-refractivity contribution in [2.24, 2.45) is 5.73 Å². The molecule has 0 aliphatic carbocycles. The van der Waals surface area contributed by atoms with E-state index in [0.29, 0.717) is 34.8 Å². The number of rotatable bonds is 4. The van der Waals surface area contributed by atoms with Crippen LogP contribution in [0.3, 0.4) is 0 Å². The van der Waals surface area contributed by atoms with Crippen molar-refractivity contribution in [3.05, 3.63) is 41.7 Å². The van der Waals surface area contributed by atoms with Gasteiger partial charge in [0.2, 0.25) is 0 Å². The van der Waals surface area contributed by atoms with Crippen LogP contribution >= 0.6 is 12.2 Å². The average Bonchev–Trinajstić information content (AvgIpc) is 2.82. The Kier molecular flexibility index (Phi) is 3.75. The molecule has 0 atom stereocenters. The van der Waals surface area contributed by atoms with Crippen LogP contribution in [0.1, 0.15) is 11.1 Å². The Balaban J connectivity index is 2.15. The van der Waals surface area contributed by atoms with Crippen LogP contribution in [-0.2, 0) is 6.54 Å². The number of nitrogens with zero attached hydrogens (tertiary/aromatic N) is 3. The lowest BCUT2D eigenvalue weighted by Crippen LogP contribution is -2.13. The summed E-state index contributed by atoms with van der Waals surface area (Å²) in [5.74, 6) is 1.52. The standard InChI is InChI=1S/C15H16N6OS/c1-22-9-4-2-8(3-5-9)6-21-13(17)11(14(18)23)10-12(16)19-7-20-15(10)21/h2-5,7H,6,17H2,1H3,(H2,18,23)(H2,16,19,20). The van der Waals surface area contributed by atoms with Gasteiger partial charge in [-0.3, -0.25) is 0 Å². The van der Waals surface area contributed by atoms with Crippen LogP contribution in [0.15, 0.2) is 30.6 Å². The number of hydrogen-bond acceptors (Lipinski definition) is 6. The molecule has 0 spiro atoms. The molecule has 0 bridgehead atoms. The first-order valence-corrected chi connectivity index (χ1v) is 7.24. The predicted molar refractivity (Wildman–Crippen MR) is 94.3 cm³/mol. The molecule has 2 heterocycles. The Labute approximate surface area is 138 Å². The molecule has 0 amide bonds. The lowest BCUT2D eigenvalue weighted by atomic mass is 10.2. The van der Waals surface area contributed by atoms with E-state index >= 15 is 0 Å². The molecule has 0 unspecified atom stereocenters. The third-order valence-electron chi connectivity index (χ3n) is 3.66. The number of nitrogens with two attached hydrogens (primary N) is 3. The second-order valence-electron chi connectivity index (χ2n) is 5.02. The Morgan fingerprint density at radius 1 is 1.22 bits per heavy atom. The number of fused-ring (bicyclic) bond motifs is 1. The molecule has 6 N–H and O–H groups in total. The molecule has 0 saturated carbocycles. The van der Waals surface area contributed by atoms with Gasteiger partial charge < -0.3 is 26.5 Å². The van der Waals surface area contributed by atoms with E-state index in [0.717, 1.165) is 11.3 Å². The summed E-state index contributed by atoms with van der Waals surface area (Å²) in [6.07, 6.45) is 1.39. The smallest absolute Gasteiger partial charge is 0.148 e. The molecule has 0 aliphatic rings. The van der Waals surface area contributed by atoms with Gasteiger partial charge in [-0.1, -0.05) is 24.4 Å². The van der Waals surface area contributed by atoms with Crippen molar-refractivity contribution in [1.82, 2.24) is 14.5 Å². The highest BCUT2D eigenvalue weighted by Crippen LogP contribution is 2.30. The van der Waals surface area contributed by atoms with Crippen molar-refractivity contribution in [2.75, 3.05) is 18.6 Å². The maximum absolute atomic E-state index is 6.24. The molecule has 3 rings (SSSR count). The number of nitrogen functional groups attached to an aromatic ring is 2. The SMILES string of the molecule is COc1ccc(Cn2c(N)c(C(N)=S)c3c(N)ncnc32)cc1. The summed E-state index contributed by atoms with van der Waals surface area (Å²) in [6, 6.07) is 7.67. The monoisotopic (exact) mass is 328 g/mol. The lowest BCUT2D eigenvalue weighted by molar-refractivity contribution is 0.414. The Morgan fingerprint density at radius 3 is 2.52 bits per heavy atom. The zero-order chi connectivity index (χ0) is 16.6. The van der Waals surface area contributed by atoms with Crippen LogP contribution in [0.25, 0.3) is 11.0 Å². The minimum absolute atomic E-state index is 0.169. The largest absolute Gasteiger partial charge is 0.497 e. The number of hydrogen-bond donors (Lipinski definition) is 3. The Morgan fingerprint density at radius 2 is 1.91 bits per heavy atom. The van der Waals surface area contributed by atoms with Crippen LogP contribution in [-0.4, -0.2) is 26.6 Å². The third-order valence-corrected chi connectivity index (χ3v) is 3.86. The van der Waals surface area contributed by atoms with Crippen LogP contribution in [0, 0.1) is 0 Å². The van der Waals surface area contributed by atoms with Crippen molar-refractivity contribution in [3.63, 3.8) is 0 Å². The summed E-state index contributed by atoms with van der Waals surface area (Å²) in [7, 11) is 1.63. The van der Waals surface area contributed by atoms with Crippen molar-refractivity contribution < 1.29 is 4.74 Å². The van der Waals surface area contributed by atoms with Crippen molar-refractivity contribution in [3.8, 4) is 5.75 Å². The van der Waals surface area contributed by atoms with Crippen LogP contribution in [0.4, 0.5) is 11.6 Å². The van der Waals surface area contributed by atoms with E-state index in [1.165, 1.54) is 6.33 Å². The summed E-state index contributed by atoms with van der Waals surface area (Å²) in [4.78, 5) is 8.46. The van der Waals surface area contributed by atoms with Crippen LogP contribution in [0.5, 0.6) is 5.75 Å². The number of ether oxygens (including phenoxy) is 1. The van der Waals surface area contributed by atoms with Gasteiger partial charge in [-0.25, -0.2) is 9.97 Å². The highest BCUT2D eigenvalue weighted by Gasteiger charge is 2.20. The fourth-order valence-corrected chi connectivity index (χ4v) is 2.74. The number of benzene rings is 1. The molecule has 7 nitrogen and oxygen atoms in total. The highest BCUT2D eigenvalue weighted by molar-refractivity contribution is 7.80. The van der Waals surface area contributed by atoms with Crippen molar-refractivity contribution in [1.29, 1.82) is 0 Å². The number of anilines is 2. The second kappa shape index (κ2) is 5.73. The summed E-state index contributed by atoms with van der Waals surface area (Å²) in [6.45, 7) is 0.505. The molecule has 118 valence electrons. The zero-order valence-electron chi connectivity index (χ0n) is 12.5. The summed E-state index contributed by atoms with van der Waals surface area (Å²) < 4.78 is 6.99. The first kappa shape index (κ1) is 15.0. The molecule has 0 radical (unpaired) electrons. The highest BCUT2D eigenvalue weighted by atomic mass is 32.1. The zero-order valence-corrected chi connectivity index (χ0v) is 13.3. The molecule has 0 aliphatic heterocycles. The Bertz CT molecular complexity index is 887. The van der Waals surface area contributed by atoms with Gasteiger partial charge in [0.15, 0.2) is 0 Å². The fraction of sp³-hybridized carbons (Fsp3) is 0.133. The van der Waals surface area contributed by atoms with E-state index in [-0.39, 0.29) is 4.99 Å². The van der Waals surface area contributed by atoms with Gasteiger partial charge in [-0.05, 0) is 17.7 Å². The summed E-state index contributed by atoms with van der Waals surface area (Å²) in [5.41, 5.74) is 20.1. The topological polar surface area (TPSA) is 118 Å². The van der Waals surface area contributed by atoms with Crippen molar-refractivity contribution in [2.45, 2.75) is 6.54 Å². The number of methoxy groups -OCH3 is 1. The van der Waals surface area contributed by atoms with Gasteiger partial charge in [0.05, 0.1) is 24.6 Å². The molecule has 0 fully saturated rings. The van der Waals surface area contributed by atoms with Gasteiger partial charge >= 0.3 is 0 Å². The first-order valence-electron chi connectivity index (χ1n) is 6.83. The van der Waals surface area contributed by atoms with Crippen LogP contribution < -0.4 is 21.9 Å². The molecular formula is C15H16N6OS. The van der Waals surface area contributed by atoms with E-state index in [1.807, 2.05) is 28.8 Å². The van der Waals surface area contributed by atoms with Crippen LogP contribution in [0.2, 0.25) is 0 Å². The quantitative estimate of drug-likeness (QED) is 0.617. The summed E-state index contributed by atoms with van der Waals surface area (Å²) >= 11 is 5.10. The van der Waals surface area contributed by atoms with Gasteiger partial charge in [0.25, 0.3) is 0 Å². The van der Waals surface area contributed by atoms with Crippen molar-refractivity contribution >= 4 is 39.9 Å². The van der Waals surface area contributed by atoms with E-state index in [2.05, 4.69) is 9.97 Å². The molecule has 0 saturated heterocycles. The second-order valence-corrected chi connectivity index (χ2v) is 5.46. The Hall–Kier alpha value is -2.87. The average molecular weight is 328 g/mol. The third kappa shape index (κ3) is 2.53. The van der Waals surface area contributed by atoms with Gasteiger partial charge in [0.1, 0.15) is 34.3 Å². The van der Waals surface area contributed by atoms with Gasteiger partial charge in [0, 0.05) is 0 Å². The molecule has 1 aromatic carbocycles. The maximum Gasteiger partial charge on any atom is 0.148 e. The number of aromatic nitrogens is 3. The molecule has 23 heavy (non-hydrogen) atoms. The minimum Gasteiger partial charge on any atom is -0.497 e. The maximum atomic E-state index is 6.24. The van der Waals surface area contributed by atoms with E-state index in [1.54, 1.807) is 7.11 Å². The normalized spacial score (nSPS) is 10.8. The number of thiocarbonyl (C=S) groups is 1. The fourth-order valence-electron chi connectivity index (χ4n) is 2.53. The molecular weight excluding hydrogens is 312 g/mol. The molecule has 8 heteroatoms. The van der Waals surface area contributed by atoms with Gasteiger partial charge in [-0.2, -0.15) is 0 Å². The van der Waals surface area contributed by atoms with E-state index in [4.69, 9.17) is 34.2 Å². The predicted octanol–water partition coefficient (Wildman–Crippen LogP) is 1.29.